The Morgan fingerprint density at radius 3 is 1.32 bits per heavy atom. The molecule has 2 aliphatic rings. The predicted octanol–water partition coefficient (Wildman–Crippen LogP) is 9.58. The van der Waals surface area contributed by atoms with E-state index in [1.165, 1.54) is 53.4 Å². The summed E-state index contributed by atoms with van der Waals surface area (Å²) < 4.78 is 86.7. The van der Waals surface area contributed by atoms with Crippen molar-refractivity contribution in [3.05, 3.63) is 149 Å². The van der Waals surface area contributed by atoms with Crippen molar-refractivity contribution in [1.29, 1.82) is 0 Å². The van der Waals surface area contributed by atoms with Crippen LogP contribution in [0.4, 0.5) is 26.3 Å². The third-order valence-corrected chi connectivity index (χ3v) is 20.5. The maximum absolute atomic E-state index is 14.1. The summed E-state index contributed by atoms with van der Waals surface area (Å²) in [6, 6.07) is 20.2. The van der Waals surface area contributed by atoms with Gasteiger partial charge in [0.2, 0.25) is 0 Å². The Kier molecular flexibility index (Phi) is 14.8. The molecule has 0 heterocycles. The largest absolute Gasteiger partial charge is 1.00 e. The molecule has 0 radical (unpaired) electrons. The minimum atomic E-state index is -4.53. The van der Waals surface area contributed by atoms with Crippen molar-refractivity contribution in [1.82, 2.24) is 0 Å². The molecular formula is C51H58Cl2F6Zr. The van der Waals surface area contributed by atoms with Crippen molar-refractivity contribution < 1.29 is 72.4 Å². The van der Waals surface area contributed by atoms with Crippen molar-refractivity contribution in [2.24, 2.45) is 11.3 Å². The van der Waals surface area contributed by atoms with Gasteiger partial charge in [0.1, 0.15) is 0 Å². The van der Waals surface area contributed by atoms with E-state index in [1.54, 1.807) is 24.3 Å². The third-order valence-electron chi connectivity index (χ3n) is 12.0. The van der Waals surface area contributed by atoms with E-state index in [2.05, 4.69) is 120 Å². The summed E-state index contributed by atoms with van der Waals surface area (Å²) in [4.78, 5) is 0. The van der Waals surface area contributed by atoms with E-state index < -0.39 is 44.7 Å². The summed E-state index contributed by atoms with van der Waals surface area (Å²) in [5, 5.41) is 0. The maximum atomic E-state index is 14.1. The molecule has 0 saturated heterocycles. The number of halogens is 8. The molecule has 60 heavy (non-hydrogen) atoms. The fourth-order valence-corrected chi connectivity index (χ4v) is 18.7. The van der Waals surface area contributed by atoms with E-state index in [0.29, 0.717) is 11.1 Å². The van der Waals surface area contributed by atoms with Crippen LogP contribution in [-0.2, 0) is 44.4 Å². The summed E-state index contributed by atoms with van der Waals surface area (Å²) >= 11 is -3.64. The molecule has 1 unspecified atom stereocenters. The van der Waals surface area contributed by atoms with E-state index in [9.17, 15) is 26.3 Å². The Morgan fingerprint density at radius 1 is 0.583 bits per heavy atom. The van der Waals surface area contributed by atoms with Crippen LogP contribution in [0.5, 0.6) is 0 Å². The average Bonchev–Trinajstić information content (AvgIpc) is 3.66. The van der Waals surface area contributed by atoms with Crippen LogP contribution in [0.15, 0.2) is 93.8 Å². The Hall–Kier alpha value is -2.73. The van der Waals surface area contributed by atoms with Gasteiger partial charge < -0.3 is 24.8 Å². The number of aryl methyl sites for hydroxylation is 2. The van der Waals surface area contributed by atoms with E-state index in [4.69, 9.17) is 0 Å². The molecule has 6 rings (SSSR count). The number of rotatable bonds is 7. The van der Waals surface area contributed by atoms with Gasteiger partial charge in [-0.05, 0) is 0 Å². The number of fused-ring (bicyclic) bond motifs is 3. The smallest absolute Gasteiger partial charge is 1.00 e. The average molecular weight is 947 g/mol. The zero-order chi connectivity index (χ0) is 42.9. The zero-order valence-corrected chi connectivity index (χ0v) is 40.9. The Labute approximate surface area is 374 Å². The first-order valence-corrected chi connectivity index (χ1v) is 24.4. The summed E-state index contributed by atoms with van der Waals surface area (Å²) in [7, 11) is 0. The van der Waals surface area contributed by atoms with Crippen molar-refractivity contribution >= 4 is 3.21 Å². The van der Waals surface area contributed by atoms with Gasteiger partial charge in [0.05, 0.1) is 0 Å². The second-order valence-corrected chi connectivity index (χ2v) is 25.7. The van der Waals surface area contributed by atoms with Gasteiger partial charge in [-0.1, -0.05) is 0 Å². The topological polar surface area (TPSA) is 0 Å². The number of alkyl halides is 6. The first kappa shape index (κ1) is 49.9. The molecule has 1 atom stereocenters. The Balaban J connectivity index is 0.00000397. The SMILES string of the molecule is CCCCC1C=C(C(C)(C)C)C=[C]1[Zr+2](=[C](c1ccc(C(F)(F)F)cc1)c1ccc(C(F)(F)F)cc1)[CH]1c2cc(C)c(C(C)(C)C)cc2-c2cc(C(C)(C)C)c(C)cc21.[Cl-].[Cl-]. The molecule has 9 heteroatoms. The van der Waals surface area contributed by atoms with E-state index in [1.807, 2.05) is 0 Å². The summed E-state index contributed by atoms with van der Waals surface area (Å²) in [6.07, 6.45) is -1.32. The third kappa shape index (κ3) is 10.1. The quantitative estimate of drug-likeness (QED) is 0.162. The van der Waals surface area contributed by atoms with Gasteiger partial charge in [0.15, 0.2) is 0 Å². The zero-order valence-electron chi connectivity index (χ0n) is 36.9. The van der Waals surface area contributed by atoms with Gasteiger partial charge in [0.25, 0.3) is 0 Å². The molecule has 0 aliphatic heterocycles. The van der Waals surface area contributed by atoms with Crippen LogP contribution in [0.2, 0.25) is 0 Å². The summed E-state index contributed by atoms with van der Waals surface area (Å²) in [6.45, 7) is 26.5. The van der Waals surface area contributed by atoms with Crippen LogP contribution in [0.25, 0.3) is 11.1 Å². The standard InChI is InChI=1S/C23H29.C15H8F6.C13H21.2ClH.Zr/c1-14-9-16-11-17-10-15(2)21(23(6,7)8)13-19(17)18(16)12-20(14)22(3,4)5;16-14(17,18)12-5-1-10(2-6-12)9-11-3-7-13(8-4-11)15(19,20)21;1-5-6-7-11-8-9-12(10-11)13(2,3)4;;;/h9-13H,1-8H3;1-8H;9-11H,5-7H2,1-4H3;2*1H;/q;;;;;+2/p-2. The first-order valence-electron chi connectivity index (χ1n) is 20.6. The van der Waals surface area contributed by atoms with Gasteiger partial charge in [0, 0.05) is 0 Å². The van der Waals surface area contributed by atoms with Gasteiger partial charge >= 0.3 is 352 Å². The molecule has 0 fully saturated rings. The van der Waals surface area contributed by atoms with E-state index >= 15 is 0 Å². The van der Waals surface area contributed by atoms with Crippen molar-refractivity contribution in [3.63, 3.8) is 0 Å². The van der Waals surface area contributed by atoms with Crippen molar-refractivity contribution in [2.45, 2.75) is 129 Å². The molecule has 0 aromatic heterocycles. The van der Waals surface area contributed by atoms with Gasteiger partial charge in [-0.3, -0.25) is 0 Å². The van der Waals surface area contributed by atoms with Crippen LogP contribution in [-0.4, -0.2) is 3.21 Å². The van der Waals surface area contributed by atoms with Gasteiger partial charge in [-0.2, -0.15) is 0 Å². The second-order valence-electron chi connectivity index (χ2n) is 19.6. The van der Waals surface area contributed by atoms with Gasteiger partial charge in [-0.25, -0.2) is 0 Å². The van der Waals surface area contributed by atoms with Crippen molar-refractivity contribution in [3.8, 4) is 11.1 Å². The second kappa shape index (κ2) is 17.8. The molecule has 0 spiro atoms. The molecule has 4 aromatic rings. The molecular weight excluding hydrogens is 889 g/mol. The normalized spacial score (nSPS) is 15.6. The molecule has 0 amide bonds. The summed E-state index contributed by atoms with van der Waals surface area (Å²) in [5.74, 6) is 0.111. The number of allylic oxidation sites excluding steroid dienone is 4. The first-order chi connectivity index (χ1) is 26.7. The fraction of sp³-hybridized carbons (Fsp3) is 0.431. The Morgan fingerprint density at radius 2 is 0.983 bits per heavy atom. The molecule has 322 valence electrons. The molecule has 0 bridgehead atoms. The van der Waals surface area contributed by atoms with Crippen LogP contribution in [0, 0.1) is 25.2 Å². The molecule has 0 saturated carbocycles. The Bertz CT molecular complexity index is 2180. The van der Waals surface area contributed by atoms with Crippen LogP contribution >= 0.6 is 0 Å². The summed E-state index contributed by atoms with van der Waals surface area (Å²) in [5.41, 5.74) is 10.3. The minimum Gasteiger partial charge on any atom is -1.00 e. The van der Waals surface area contributed by atoms with E-state index in [0.717, 1.165) is 46.7 Å². The number of unbranched alkanes of at least 4 members (excludes halogenated alkanes) is 1. The molecule has 0 N–H and O–H groups in total. The minimum absolute atomic E-state index is 0. The van der Waals surface area contributed by atoms with Crippen molar-refractivity contribution in [2.75, 3.05) is 0 Å². The van der Waals surface area contributed by atoms with Crippen LogP contribution in [0.3, 0.4) is 0 Å². The van der Waals surface area contributed by atoms with E-state index in [-0.39, 0.29) is 50.6 Å². The van der Waals surface area contributed by atoms with Crippen LogP contribution in [0.1, 0.15) is 148 Å². The molecule has 0 nitrogen and oxygen atoms in total. The van der Waals surface area contributed by atoms with Gasteiger partial charge in [-0.15, -0.1) is 0 Å². The van der Waals surface area contributed by atoms with Crippen LogP contribution < -0.4 is 24.8 Å². The number of hydrogen-bond acceptors (Lipinski definition) is 0. The molecule has 2 aliphatic carbocycles. The number of benzene rings is 4. The fourth-order valence-electron chi connectivity index (χ4n) is 9.12. The predicted molar refractivity (Wildman–Crippen MR) is 225 cm³/mol. The molecule has 4 aromatic carbocycles. The number of hydrogen-bond donors (Lipinski definition) is 0. The monoisotopic (exact) mass is 944 g/mol. The maximum Gasteiger partial charge on any atom is -1.00 e.